The second-order valence-corrected chi connectivity index (χ2v) is 7.64. The Hall–Kier alpha value is -2.99. The summed E-state index contributed by atoms with van der Waals surface area (Å²) in [6.07, 6.45) is 3.83. The van der Waals surface area contributed by atoms with E-state index >= 15 is 0 Å². The Morgan fingerprint density at radius 2 is 1.83 bits per heavy atom. The summed E-state index contributed by atoms with van der Waals surface area (Å²) in [5.41, 5.74) is 1.68. The number of para-hydroxylation sites is 1. The van der Waals surface area contributed by atoms with E-state index < -0.39 is 17.5 Å². The van der Waals surface area contributed by atoms with Crippen molar-refractivity contribution in [2.75, 3.05) is 18.6 Å². The van der Waals surface area contributed by atoms with Gasteiger partial charge in [0.1, 0.15) is 6.54 Å². The molecule has 1 unspecified atom stereocenters. The van der Waals surface area contributed by atoms with Crippen LogP contribution >= 0.6 is 0 Å². The summed E-state index contributed by atoms with van der Waals surface area (Å²) in [7, 11) is 1.24. The molecule has 0 saturated heterocycles. The second-order valence-electron chi connectivity index (χ2n) is 7.64. The maximum absolute atomic E-state index is 13.1. The molecule has 29 heavy (non-hydrogen) atoms. The highest BCUT2D eigenvalue weighted by atomic mass is 16.5. The average molecular weight is 393 g/mol. The van der Waals surface area contributed by atoms with E-state index in [0.29, 0.717) is 16.8 Å². The average Bonchev–Trinajstić information content (AvgIpc) is 2.95. The van der Waals surface area contributed by atoms with E-state index in [1.807, 2.05) is 12.1 Å². The predicted molar refractivity (Wildman–Crippen MR) is 107 cm³/mol. The Morgan fingerprint density at radius 3 is 2.59 bits per heavy atom. The molecule has 2 aromatic carbocycles. The first kappa shape index (κ1) is 19.3. The number of rotatable bonds is 5. The molecule has 6 nitrogen and oxygen atoms in total. The number of methoxy groups -OCH3 is 1. The van der Waals surface area contributed by atoms with Crippen LogP contribution in [0.1, 0.15) is 46.3 Å². The van der Waals surface area contributed by atoms with Crippen LogP contribution in [-0.2, 0) is 32.8 Å². The quantitative estimate of drug-likeness (QED) is 0.623. The summed E-state index contributed by atoms with van der Waals surface area (Å²) < 4.78 is 4.67. The fourth-order valence-electron chi connectivity index (χ4n) is 4.27. The number of fused-ring (bicyclic) bond motifs is 2. The lowest BCUT2D eigenvalue weighted by molar-refractivity contribution is -0.142. The van der Waals surface area contributed by atoms with Crippen LogP contribution in [0.5, 0.6) is 0 Å². The molecule has 0 saturated carbocycles. The number of amides is 1. The first-order valence-corrected chi connectivity index (χ1v) is 9.79. The molecule has 1 atom stereocenters. The molecular formula is C23H23NO5. The summed E-state index contributed by atoms with van der Waals surface area (Å²) in [5.74, 6) is -1.59. The lowest BCUT2D eigenvalue weighted by atomic mass is 9.85. The van der Waals surface area contributed by atoms with Crippen molar-refractivity contribution in [1.82, 2.24) is 0 Å². The zero-order valence-corrected chi connectivity index (χ0v) is 16.3. The summed E-state index contributed by atoms with van der Waals surface area (Å²) in [6, 6.07) is 12.3. The van der Waals surface area contributed by atoms with Gasteiger partial charge in [0.15, 0.2) is 11.4 Å². The van der Waals surface area contributed by atoms with Gasteiger partial charge in [-0.15, -0.1) is 0 Å². The van der Waals surface area contributed by atoms with Crippen molar-refractivity contribution in [3.63, 3.8) is 0 Å². The standard InChI is InChI=1S/C23H23NO5/c1-29-21(26)14-24-19-9-5-4-8-18(19)23(28,22(24)27)13-20(25)17-11-10-15-6-2-3-7-16(15)12-17/h4-5,8-12,28H,2-3,6-7,13-14H2,1H3. The Balaban J connectivity index is 1.64. The number of nitrogens with zero attached hydrogens (tertiary/aromatic N) is 1. The monoisotopic (exact) mass is 393 g/mol. The van der Waals surface area contributed by atoms with E-state index in [-0.39, 0.29) is 18.7 Å². The van der Waals surface area contributed by atoms with E-state index in [4.69, 9.17) is 0 Å². The number of aryl methyl sites for hydroxylation is 2. The molecule has 2 aliphatic rings. The van der Waals surface area contributed by atoms with Gasteiger partial charge < -0.3 is 9.84 Å². The molecule has 1 heterocycles. The zero-order chi connectivity index (χ0) is 20.6. The Kier molecular flexibility index (Phi) is 4.96. The largest absolute Gasteiger partial charge is 0.468 e. The fourth-order valence-corrected chi connectivity index (χ4v) is 4.27. The molecule has 4 rings (SSSR count). The summed E-state index contributed by atoms with van der Waals surface area (Å²) in [4.78, 5) is 39.0. The van der Waals surface area contributed by atoms with Gasteiger partial charge in [-0.25, -0.2) is 0 Å². The van der Waals surface area contributed by atoms with E-state index in [1.165, 1.54) is 23.1 Å². The minimum Gasteiger partial charge on any atom is -0.468 e. The number of ketones is 1. The maximum atomic E-state index is 13.1. The lowest BCUT2D eigenvalue weighted by Gasteiger charge is -2.23. The molecule has 0 aromatic heterocycles. The van der Waals surface area contributed by atoms with Crippen LogP contribution in [-0.4, -0.2) is 36.4 Å². The number of esters is 1. The number of carbonyl (C=O) groups is 3. The lowest BCUT2D eigenvalue weighted by Crippen LogP contribution is -2.43. The van der Waals surface area contributed by atoms with Gasteiger partial charge >= 0.3 is 5.97 Å². The van der Waals surface area contributed by atoms with Crippen LogP contribution in [0.25, 0.3) is 0 Å². The molecule has 0 spiro atoms. The molecular weight excluding hydrogens is 370 g/mol. The van der Waals surface area contributed by atoms with Gasteiger partial charge in [0.05, 0.1) is 19.2 Å². The molecule has 150 valence electrons. The molecule has 1 amide bonds. The van der Waals surface area contributed by atoms with Gasteiger partial charge in [-0.1, -0.05) is 30.3 Å². The summed E-state index contributed by atoms with van der Waals surface area (Å²) >= 11 is 0. The number of anilines is 1. The third kappa shape index (κ3) is 3.34. The van der Waals surface area contributed by atoms with Crippen molar-refractivity contribution in [2.45, 2.75) is 37.7 Å². The first-order chi connectivity index (χ1) is 13.9. The second kappa shape index (κ2) is 7.44. The van der Waals surface area contributed by atoms with Gasteiger partial charge in [0.2, 0.25) is 0 Å². The van der Waals surface area contributed by atoms with Crippen molar-refractivity contribution in [2.24, 2.45) is 0 Å². The molecule has 1 N–H and O–H groups in total. The third-order valence-electron chi connectivity index (χ3n) is 5.84. The van der Waals surface area contributed by atoms with Crippen LogP contribution < -0.4 is 4.90 Å². The molecule has 1 aliphatic heterocycles. The fraction of sp³-hybridized carbons (Fsp3) is 0.348. The van der Waals surface area contributed by atoms with Gasteiger partial charge in [0, 0.05) is 11.1 Å². The smallest absolute Gasteiger partial charge is 0.325 e. The highest BCUT2D eigenvalue weighted by molar-refractivity contribution is 6.12. The molecule has 1 aliphatic carbocycles. The van der Waals surface area contributed by atoms with Crippen molar-refractivity contribution < 1.29 is 24.2 Å². The van der Waals surface area contributed by atoms with E-state index in [9.17, 15) is 19.5 Å². The van der Waals surface area contributed by atoms with E-state index in [2.05, 4.69) is 4.74 Å². The highest BCUT2D eigenvalue weighted by Crippen LogP contribution is 2.42. The Morgan fingerprint density at radius 1 is 1.10 bits per heavy atom. The van der Waals surface area contributed by atoms with Gasteiger partial charge in [0.25, 0.3) is 5.91 Å². The number of hydrogen-bond acceptors (Lipinski definition) is 5. The van der Waals surface area contributed by atoms with Crippen molar-refractivity contribution in [1.29, 1.82) is 0 Å². The minimum atomic E-state index is -2.00. The SMILES string of the molecule is COC(=O)CN1C(=O)C(O)(CC(=O)c2ccc3c(c2)CCCC3)c2ccccc21. The molecule has 0 radical (unpaired) electrons. The van der Waals surface area contributed by atoms with Crippen molar-refractivity contribution >= 4 is 23.3 Å². The number of aliphatic hydroxyl groups is 1. The van der Waals surface area contributed by atoms with Crippen LogP contribution in [0.4, 0.5) is 5.69 Å². The Labute approximate surface area is 169 Å². The molecule has 0 bridgehead atoms. The zero-order valence-electron chi connectivity index (χ0n) is 16.3. The molecule has 2 aromatic rings. The molecule has 6 heteroatoms. The number of benzene rings is 2. The minimum absolute atomic E-state index is 0.302. The highest BCUT2D eigenvalue weighted by Gasteiger charge is 2.51. The first-order valence-electron chi connectivity index (χ1n) is 9.79. The van der Waals surface area contributed by atoms with Crippen LogP contribution in [0, 0.1) is 0 Å². The number of ether oxygens (including phenoxy) is 1. The number of hydrogen-bond donors (Lipinski definition) is 1. The normalized spacial score (nSPS) is 20.2. The predicted octanol–water partition coefficient (Wildman–Crippen LogP) is 2.55. The number of Topliss-reactive ketones (excluding diaryl/α,β-unsaturated/α-hetero) is 1. The van der Waals surface area contributed by atoms with Crippen molar-refractivity contribution in [3.8, 4) is 0 Å². The number of carbonyl (C=O) groups excluding carboxylic acids is 3. The maximum Gasteiger partial charge on any atom is 0.325 e. The van der Waals surface area contributed by atoms with E-state index in [1.54, 1.807) is 30.3 Å². The topological polar surface area (TPSA) is 83.9 Å². The summed E-state index contributed by atoms with van der Waals surface area (Å²) in [6.45, 7) is -0.318. The third-order valence-corrected chi connectivity index (χ3v) is 5.84. The van der Waals surface area contributed by atoms with Crippen LogP contribution in [0.2, 0.25) is 0 Å². The van der Waals surface area contributed by atoms with Crippen LogP contribution in [0.15, 0.2) is 42.5 Å². The van der Waals surface area contributed by atoms with Gasteiger partial charge in [-0.2, -0.15) is 0 Å². The Bertz CT molecular complexity index is 999. The van der Waals surface area contributed by atoms with Gasteiger partial charge in [-0.3, -0.25) is 19.3 Å². The van der Waals surface area contributed by atoms with E-state index in [0.717, 1.165) is 25.7 Å². The van der Waals surface area contributed by atoms with Crippen molar-refractivity contribution in [3.05, 3.63) is 64.7 Å². The summed E-state index contributed by atoms with van der Waals surface area (Å²) in [5, 5.41) is 11.3. The van der Waals surface area contributed by atoms with Gasteiger partial charge in [-0.05, 0) is 48.9 Å². The van der Waals surface area contributed by atoms with Crippen LogP contribution in [0.3, 0.4) is 0 Å². The molecule has 0 fully saturated rings.